The summed E-state index contributed by atoms with van der Waals surface area (Å²) in [5, 5.41) is 15.2. The highest BCUT2D eigenvalue weighted by atomic mass is 35.5. The summed E-state index contributed by atoms with van der Waals surface area (Å²) >= 11 is 35.3. The molecule has 5 rings (SSSR count). The molecule has 0 saturated heterocycles. The van der Waals surface area contributed by atoms with Crippen LogP contribution in [0.15, 0.2) is 51.1 Å². The molecule has 0 amide bonds. The first-order valence-corrected chi connectivity index (χ1v) is 18.6. The number of benzene rings is 4. The fourth-order valence-electron chi connectivity index (χ4n) is 5.04. The second-order valence-corrected chi connectivity index (χ2v) is 16.9. The fraction of sp³-hybridized carbons (Fsp3) is 0.304. The van der Waals surface area contributed by atoms with E-state index >= 15 is 0 Å². The van der Waals surface area contributed by atoms with Gasteiger partial charge in [0.2, 0.25) is 30.1 Å². The number of sulfonamides is 3. The van der Waals surface area contributed by atoms with Gasteiger partial charge in [0.05, 0.1) is 46.9 Å². The highest BCUT2D eigenvalue weighted by Gasteiger charge is 2.47. The second kappa shape index (κ2) is 11.4. The molecule has 0 radical (unpaired) electrons. The number of primary sulfonamides is 3. The zero-order chi connectivity index (χ0) is 31.0. The van der Waals surface area contributed by atoms with E-state index in [0.29, 0.717) is 10.8 Å². The van der Waals surface area contributed by atoms with Crippen molar-refractivity contribution in [3.8, 4) is 0 Å². The topological polar surface area (TPSA) is 180 Å². The Kier molecular flexibility index (Phi) is 9.25. The van der Waals surface area contributed by atoms with Gasteiger partial charge >= 0.3 is 0 Å². The van der Waals surface area contributed by atoms with E-state index in [9.17, 15) is 25.3 Å². The van der Waals surface area contributed by atoms with Crippen LogP contribution in [0, 0.1) is 6.92 Å². The lowest BCUT2D eigenvalue weighted by molar-refractivity contribution is 0.544. The van der Waals surface area contributed by atoms with Crippen LogP contribution < -0.4 is 15.4 Å². The van der Waals surface area contributed by atoms with Gasteiger partial charge in [-0.25, -0.2) is 40.7 Å². The summed E-state index contributed by atoms with van der Waals surface area (Å²) in [6.07, 6.45) is 0. The first-order chi connectivity index (χ1) is 18.7. The summed E-state index contributed by atoms with van der Waals surface area (Å²) in [5.41, 5.74) is -0.104. The molecule has 0 unspecified atom stereocenters. The molecule has 1 aliphatic carbocycles. The van der Waals surface area contributed by atoms with Crippen LogP contribution in [0.1, 0.15) is 5.56 Å². The average Bonchev–Trinajstić information content (AvgIpc) is 2.85. The predicted octanol–water partition coefficient (Wildman–Crippen LogP) is 4.48. The van der Waals surface area contributed by atoms with E-state index < -0.39 is 62.3 Å². The largest absolute Gasteiger partial charge is 0.238 e. The Hall–Kier alpha value is -0.610. The third-order valence-electron chi connectivity index (χ3n) is 6.74. The second-order valence-electron chi connectivity index (χ2n) is 9.40. The summed E-state index contributed by atoms with van der Waals surface area (Å²) in [6.45, 7) is 1.31. The smallest absolute Gasteiger partial charge is 0.225 e. The molecule has 4 aromatic rings. The third-order valence-corrected chi connectivity index (χ3v) is 13.9. The number of nitrogens with two attached hydrogens (primary N) is 3. The maximum Gasteiger partial charge on any atom is 0.238 e. The van der Waals surface area contributed by atoms with Crippen molar-refractivity contribution in [2.75, 3.05) is 0 Å². The lowest BCUT2D eigenvalue weighted by Gasteiger charge is -2.37. The van der Waals surface area contributed by atoms with E-state index in [4.69, 9.17) is 85.0 Å². The molecule has 0 atom stereocenters. The summed E-state index contributed by atoms with van der Waals surface area (Å²) in [5.74, 6) is 0. The van der Waals surface area contributed by atoms with Crippen LogP contribution in [0.3, 0.4) is 0 Å². The zero-order valence-corrected chi connectivity index (χ0v) is 27.6. The van der Waals surface area contributed by atoms with Crippen LogP contribution in [-0.2, 0) is 30.1 Å². The molecule has 0 bridgehead atoms. The van der Waals surface area contributed by atoms with Gasteiger partial charge in [0.1, 0.15) is 0 Å². The Bertz CT molecular complexity index is 1900. The van der Waals surface area contributed by atoms with E-state index in [-0.39, 0.29) is 41.8 Å². The SMILES string of the molecule is Cc1c(S(N)(=O)=O)c2ccc3ccc(S(N)(=O)=O)c4ccc(c1S(N)(=O)=O)c2c34.ClC1C(Cl)C(Cl)C(Cl)C(Cl)C1Cl. The Labute approximate surface area is 266 Å². The zero-order valence-electron chi connectivity index (χ0n) is 20.6. The van der Waals surface area contributed by atoms with Crippen LogP contribution >= 0.6 is 69.6 Å². The molecule has 4 aromatic carbocycles. The van der Waals surface area contributed by atoms with Crippen molar-refractivity contribution < 1.29 is 25.3 Å². The number of alkyl halides is 6. The Morgan fingerprint density at radius 2 is 0.854 bits per heavy atom. The lowest BCUT2D eigenvalue weighted by Crippen LogP contribution is -2.52. The van der Waals surface area contributed by atoms with Crippen molar-refractivity contribution in [2.45, 2.75) is 53.9 Å². The highest BCUT2D eigenvalue weighted by molar-refractivity contribution is 7.90. The fourth-order valence-corrected chi connectivity index (χ4v) is 10.2. The van der Waals surface area contributed by atoms with Gasteiger partial charge in [0.25, 0.3) is 0 Å². The molecular formula is C23H21Cl6N3O6S3. The third kappa shape index (κ3) is 5.93. The minimum absolute atomic E-state index is 0.104. The summed E-state index contributed by atoms with van der Waals surface area (Å²) in [6, 6.07) is 8.76. The van der Waals surface area contributed by atoms with Crippen molar-refractivity contribution in [2.24, 2.45) is 15.4 Å². The van der Waals surface area contributed by atoms with Gasteiger partial charge in [0.15, 0.2) is 0 Å². The van der Waals surface area contributed by atoms with Gasteiger partial charge in [-0.1, -0.05) is 30.3 Å². The van der Waals surface area contributed by atoms with E-state index in [1.807, 2.05) is 0 Å². The molecular weight excluding hydrogens is 723 g/mol. The van der Waals surface area contributed by atoms with Gasteiger partial charge in [-0.3, -0.25) is 0 Å². The van der Waals surface area contributed by atoms with E-state index in [1.54, 1.807) is 6.07 Å². The lowest BCUT2D eigenvalue weighted by atomic mass is 9.93. The van der Waals surface area contributed by atoms with Crippen molar-refractivity contribution in [3.63, 3.8) is 0 Å². The minimum atomic E-state index is -4.34. The van der Waals surface area contributed by atoms with Crippen molar-refractivity contribution in [1.29, 1.82) is 0 Å². The van der Waals surface area contributed by atoms with Gasteiger partial charge < -0.3 is 0 Å². The van der Waals surface area contributed by atoms with Crippen LogP contribution in [0.4, 0.5) is 0 Å². The molecule has 0 spiro atoms. The molecule has 1 fully saturated rings. The molecule has 224 valence electrons. The number of rotatable bonds is 3. The molecule has 1 saturated carbocycles. The molecule has 1 aliphatic rings. The molecule has 6 N–H and O–H groups in total. The molecule has 0 heterocycles. The van der Waals surface area contributed by atoms with Crippen molar-refractivity contribution >= 4 is 132 Å². The summed E-state index contributed by atoms with van der Waals surface area (Å²) in [7, 11) is -12.8. The number of hydrogen-bond acceptors (Lipinski definition) is 6. The molecule has 9 nitrogen and oxygen atoms in total. The highest BCUT2D eigenvalue weighted by Crippen LogP contribution is 2.43. The molecule has 18 heteroatoms. The number of hydrogen-bond donors (Lipinski definition) is 3. The van der Waals surface area contributed by atoms with E-state index in [1.165, 1.54) is 37.3 Å². The van der Waals surface area contributed by atoms with Crippen molar-refractivity contribution in [1.82, 2.24) is 0 Å². The maximum atomic E-state index is 12.3. The van der Waals surface area contributed by atoms with Gasteiger partial charge in [-0.05, 0) is 29.3 Å². The normalized spacial score (nSPS) is 25.9. The Morgan fingerprint density at radius 3 is 1.22 bits per heavy atom. The molecule has 41 heavy (non-hydrogen) atoms. The van der Waals surface area contributed by atoms with Crippen LogP contribution in [-0.4, -0.2) is 57.5 Å². The first kappa shape index (κ1) is 33.3. The monoisotopic (exact) mass is 741 g/mol. The summed E-state index contributed by atoms with van der Waals surface area (Å²) in [4.78, 5) is -0.942. The Morgan fingerprint density at radius 1 is 0.512 bits per heavy atom. The van der Waals surface area contributed by atoms with Gasteiger partial charge in [-0.2, -0.15) is 0 Å². The van der Waals surface area contributed by atoms with Crippen LogP contribution in [0.5, 0.6) is 0 Å². The number of halogens is 6. The first-order valence-electron chi connectivity index (χ1n) is 11.4. The van der Waals surface area contributed by atoms with Crippen LogP contribution in [0.2, 0.25) is 0 Å². The standard InChI is InChI=1S/C17H15N3O6S3.C6H6Cl6/c1-8-16(28(19,23)24)11-4-2-9-3-7-13(27(18,21)22)10-5-6-12(15(11)14(9)10)17(8)29(20,25)26;7-1-2(8)4(10)6(12)5(11)3(1)9/h2-7H,1H3,(H2,18,21,22)(H2,19,23,24)(H2,20,25,26);1-6H. The molecule has 0 aliphatic heterocycles. The van der Waals surface area contributed by atoms with E-state index in [2.05, 4.69) is 0 Å². The van der Waals surface area contributed by atoms with Crippen molar-refractivity contribution in [3.05, 3.63) is 42.0 Å². The minimum Gasteiger partial charge on any atom is -0.225 e. The maximum absolute atomic E-state index is 12.3. The Balaban J connectivity index is 0.000000271. The predicted molar refractivity (Wildman–Crippen MR) is 167 cm³/mol. The average molecular weight is 744 g/mol. The summed E-state index contributed by atoms with van der Waals surface area (Å²) < 4.78 is 73.4. The molecule has 0 aromatic heterocycles. The van der Waals surface area contributed by atoms with E-state index in [0.717, 1.165) is 0 Å². The van der Waals surface area contributed by atoms with Gasteiger partial charge in [-0.15, -0.1) is 69.6 Å². The quantitative estimate of drug-likeness (QED) is 0.206. The van der Waals surface area contributed by atoms with Gasteiger partial charge in [0, 0.05) is 21.5 Å². The van der Waals surface area contributed by atoms with Crippen LogP contribution in [0.25, 0.3) is 32.3 Å².